The highest BCUT2D eigenvalue weighted by molar-refractivity contribution is 7.92. The molecule has 0 fully saturated rings. The highest BCUT2D eigenvalue weighted by Gasteiger charge is 2.12. The molecule has 194 valence electrons. The van der Waals surface area contributed by atoms with E-state index in [-0.39, 0.29) is 11.4 Å². The Morgan fingerprint density at radius 3 is 2.34 bits per heavy atom. The highest BCUT2D eigenvalue weighted by Crippen LogP contribution is 2.27. The second kappa shape index (κ2) is 14.7. The topological polar surface area (TPSA) is 145 Å². The van der Waals surface area contributed by atoms with Crippen LogP contribution in [0.4, 0.5) is 5.69 Å². The van der Waals surface area contributed by atoms with Gasteiger partial charge >= 0.3 is 5.97 Å². The maximum Gasteiger partial charge on any atom is 0.335 e. The Morgan fingerprint density at radius 2 is 1.69 bits per heavy atom. The predicted molar refractivity (Wildman–Crippen MR) is 135 cm³/mol. The van der Waals surface area contributed by atoms with Crippen molar-refractivity contribution in [3.8, 4) is 5.75 Å². The van der Waals surface area contributed by atoms with Gasteiger partial charge in [0.15, 0.2) is 0 Å². The fourth-order valence-electron chi connectivity index (χ4n) is 3.48. The van der Waals surface area contributed by atoms with Crippen LogP contribution < -0.4 is 10.0 Å². The summed E-state index contributed by atoms with van der Waals surface area (Å²) >= 11 is 0. The Morgan fingerprint density at radius 1 is 1.00 bits per heavy atom. The van der Waals surface area contributed by atoms with Crippen molar-refractivity contribution >= 4 is 21.7 Å². The molecule has 10 heteroatoms. The summed E-state index contributed by atoms with van der Waals surface area (Å²) in [6.07, 6.45) is 5.92. The summed E-state index contributed by atoms with van der Waals surface area (Å²) in [6, 6.07) is 11.3. The molecule has 0 saturated carbocycles. The molecule has 5 N–H and O–H groups in total. The first-order valence-electron chi connectivity index (χ1n) is 11.7. The summed E-state index contributed by atoms with van der Waals surface area (Å²) in [5, 5.41) is 32.2. The number of aliphatic hydroxyl groups is 1. The SMILES string of the molecule is CS(=O)(=O)Nc1cc(C(O)CNCCCCCOCCCCc2ccc(C(=O)O)cc2)ccc1O. The quantitative estimate of drug-likeness (QED) is 0.162. The summed E-state index contributed by atoms with van der Waals surface area (Å²) in [5.41, 5.74) is 1.98. The van der Waals surface area contributed by atoms with Gasteiger partial charge in [-0.1, -0.05) is 18.2 Å². The number of carboxylic acids is 1. The zero-order chi connectivity index (χ0) is 25.7. The molecule has 0 saturated heterocycles. The Hall–Kier alpha value is -2.66. The molecule has 0 heterocycles. The van der Waals surface area contributed by atoms with Crippen molar-refractivity contribution < 1.29 is 33.3 Å². The van der Waals surface area contributed by atoms with Crippen LogP contribution in [-0.2, 0) is 21.2 Å². The number of phenols is 1. The molecule has 2 rings (SSSR count). The smallest absolute Gasteiger partial charge is 0.335 e. The number of phenolic OH excluding ortho intramolecular Hbond substituents is 1. The van der Waals surface area contributed by atoms with Crippen LogP contribution in [0.5, 0.6) is 5.75 Å². The van der Waals surface area contributed by atoms with E-state index < -0.39 is 22.1 Å². The second-order valence-corrected chi connectivity index (χ2v) is 10.3. The van der Waals surface area contributed by atoms with Gasteiger partial charge < -0.3 is 25.4 Å². The van der Waals surface area contributed by atoms with Crippen molar-refractivity contribution in [2.24, 2.45) is 0 Å². The Labute approximate surface area is 207 Å². The molecule has 0 aliphatic carbocycles. The van der Waals surface area contributed by atoms with Crippen LogP contribution >= 0.6 is 0 Å². The van der Waals surface area contributed by atoms with E-state index in [0.717, 1.165) is 56.9 Å². The molecule has 0 bridgehead atoms. The largest absolute Gasteiger partial charge is 0.506 e. The van der Waals surface area contributed by atoms with Crippen LogP contribution in [0.15, 0.2) is 42.5 Å². The fourth-order valence-corrected chi connectivity index (χ4v) is 4.04. The lowest BCUT2D eigenvalue weighted by Gasteiger charge is -2.14. The monoisotopic (exact) mass is 508 g/mol. The number of carboxylic acid groups (broad SMARTS) is 1. The molecule has 2 aromatic rings. The zero-order valence-electron chi connectivity index (χ0n) is 20.1. The molecular formula is C25H36N2O7S. The average molecular weight is 509 g/mol. The number of rotatable bonds is 17. The van der Waals surface area contributed by atoms with E-state index in [2.05, 4.69) is 10.0 Å². The molecule has 9 nitrogen and oxygen atoms in total. The number of nitrogens with one attached hydrogen (secondary N) is 2. The minimum atomic E-state index is -3.53. The van der Waals surface area contributed by atoms with E-state index >= 15 is 0 Å². The normalized spacial score (nSPS) is 12.4. The minimum absolute atomic E-state index is 0.0402. The van der Waals surface area contributed by atoms with Gasteiger partial charge in [-0.25, -0.2) is 13.2 Å². The number of aromatic carboxylic acids is 1. The van der Waals surface area contributed by atoms with E-state index in [4.69, 9.17) is 9.84 Å². The highest BCUT2D eigenvalue weighted by atomic mass is 32.2. The van der Waals surface area contributed by atoms with Crippen molar-refractivity contribution in [1.29, 1.82) is 0 Å². The number of ether oxygens (including phenoxy) is 1. The van der Waals surface area contributed by atoms with E-state index in [1.165, 1.54) is 12.1 Å². The average Bonchev–Trinajstić information content (AvgIpc) is 2.80. The number of anilines is 1. The summed E-state index contributed by atoms with van der Waals surface area (Å²) < 4.78 is 30.7. The number of unbranched alkanes of at least 4 members (excludes halogenated alkanes) is 3. The van der Waals surface area contributed by atoms with Gasteiger partial charge in [-0.15, -0.1) is 0 Å². The lowest BCUT2D eigenvalue weighted by Crippen LogP contribution is -2.22. The van der Waals surface area contributed by atoms with Gasteiger partial charge in [0, 0.05) is 19.8 Å². The van der Waals surface area contributed by atoms with Crippen LogP contribution in [0.2, 0.25) is 0 Å². The van der Waals surface area contributed by atoms with Gasteiger partial charge in [-0.2, -0.15) is 0 Å². The maximum absolute atomic E-state index is 11.4. The van der Waals surface area contributed by atoms with Crippen molar-refractivity contribution in [2.75, 3.05) is 37.3 Å². The number of aryl methyl sites for hydroxylation is 1. The molecule has 0 aromatic heterocycles. The van der Waals surface area contributed by atoms with Crippen LogP contribution in [0.25, 0.3) is 0 Å². The minimum Gasteiger partial charge on any atom is -0.506 e. The zero-order valence-corrected chi connectivity index (χ0v) is 20.9. The van der Waals surface area contributed by atoms with Gasteiger partial charge in [-0.3, -0.25) is 4.72 Å². The third-order valence-electron chi connectivity index (χ3n) is 5.39. The van der Waals surface area contributed by atoms with E-state index in [1.54, 1.807) is 18.2 Å². The fraction of sp³-hybridized carbons (Fsp3) is 0.480. The first-order valence-corrected chi connectivity index (χ1v) is 13.6. The van der Waals surface area contributed by atoms with E-state index in [9.17, 15) is 23.4 Å². The van der Waals surface area contributed by atoms with Crippen molar-refractivity contribution in [1.82, 2.24) is 5.32 Å². The standard InChI is InChI=1S/C25H36N2O7S/c1-35(32,33)27-22-17-21(12-13-23(22)28)24(29)18-26-14-4-2-5-15-34-16-6-3-7-19-8-10-20(11-9-19)25(30)31/h8-13,17,24,26-29H,2-7,14-16,18H2,1H3,(H,30,31). The van der Waals surface area contributed by atoms with Gasteiger partial charge in [0.25, 0.3) is 0 Å². The van der Waals surface area contributed by atoms with Crippen molar-refractivity contribution in [2.45, 2.75) is 44.6 Å². The third kappa shape index (κ3) is 11.5. The molecule has 0 aliphatic rings. The molecule has 0 aliphatic heterocycles. The predicted octanol–water partition coefficient (Wildman–Crippen LogP) is 3.29. The first-order chi connectivity index (χ1) is 16.7. The molecule has 1 atom stereocenters. The summed E-state index contributed by atoms with van der Waals surface area (Å²) in [7, 11) is -3.53. The number of hydrogen-bond donors (Lipinski definition) is 5. The Balaban J connectivity index is 1.48. The van der Waals surface area contributed by atoms with Crippen LogP contribution in [0, 0.1) is 0 Å². The first kappa shape index (κ1) is 28.6. The van der Waals surface area contributed by atoms with Crippen molar-refractivity contribution in [3.05, 3.63) is 59.2 Å². The number of aromatic hydroxyl groups is 1. The Bertz CT molecular complexity index is 1030. The van der Waals surface area contributed by atoms with E-state index in [1.807, 2.05) is 12.1 Å². The van der Waals surface area contributed by atoms with Gasteiger partial charge in [-0.05, 0) is 80.5 Å². The van der Waals surface area contributed by atoms with Gasteiger partial charge in [0.1, 0.15) is 5.75 Å². The molecule has 35 heavy (non-hydrogen) atoms. The number of benzene rings is 2. The number of carbonyl (C=O) groups is 1. The van der Waals surface area contributed by atoms with Crippen LogP contribution in [0.3, 0.4) is 0 Å². The van der Waals surface area contributed by atoms with Gasteiger partial charge in [0.05, 0.1) is 23.6 Å². The third-order valence-corrected chi connectivity index (χ3v) is 5.98. The Kier molecular flexibility index (Phi) is 12.0. The summed E-state index contributed by atoms with van der Waals surface area (Å²) in [5.74, 6) is -1.11. The summed E-state index contributed by atoms with van der Waals surface area (Å²) in [6.45, 7) is 2.48. The number of sulfonamides is 1. The summed E-state index contributed by atoms with van der Waals surface area (Å²) in [4.78, 5) is 10.9. The molecule has 0 amide bonds. The molecule has 1 unspecified atom stereocenters. The molecule has 0 radical (unpaired) electrons. The lowest BCUT2D eigenvalue weighted by molar-refractivity contribution is 0.0697. The van der Waals surface area contributed by atoms with E-state index in [0.29, 0.717) is 30.9 Å². The van der Waals surface area contributed by atoms with Crippen LogP contribution in [0.1, 0.15) is 59.7 Å². The molecule has 2 aromatic carbocycles. The lowest BCUT2D eigenvalue weighted by atomic mass is 10.1. The molecular weight excluding hydrogens is 472 g/mol. The number of aliphatic hydroxyl groups excluding tert-OH is 1. The van der Waals surface area contributed by atoms with Gasteiger partial charge in [0.2, 0.25) is 10.0 Å². The molecule has 0 spiro atoms. The van der Waals surface area contributed by atoms with Crippen molar-refractivity contribution in [3.63, 3.8) is 0 Å². The maximum atomic E-state index is 11.4. The van der Waals surface area contributed by atoms with Crippen LogP contribution in [-0.4, -0.2) is 62.3 Å². The second-order valence-electron chi connectivity index (χ2n) is 8.50. The number of hydrogen-bond acceptors (Lipinski definition) is 7.